The number of pyridine rings is 1. The molecule has 0 aliphatic heterocycles. The van der Waals surface area contributed by atoms with Crippen molar-refractivity contribution >= 4 is 29.1 Å². The summed E-state index contributed by atoms with van der Waals surface area (Å²) in [6.07, 6.45) is 2.72. The highest BCUT2D eigenvalue weighted by Gasteiger charge is 2.25. The number of carbonyl (C=O) groups is 3. The summed E-state index contributed by atoms with van der Waals surface area (Å²) in [6, 6.07) is 9.62. The highest BCUT2D eigenvalue weighted by Crippen LogP contribution is 2.22. The molecule has 3 rings (SSSR count). The lowest BCUT2D eigenvalue weighted by atomic mass is 9.89. The van der Waals surface area contributed by atoms with Crippen molar-refractivity contribution in [3.05, 3.63) is 60.0 Å². The van der Waals surface area contributed by atoms with Gasteiger partial charge in [0.25, 0.3) is 5.91 Å². The molecule has 204 valence electrons. The average molecular weight is 527 g/mol. The van der Waals surface area contributed by atoms with Gasteiger partial charge in [-0.1, -0.05) is 20.8 Å². The summed E-state index contributed by atoms with van der Waals surface area (Å²) in [5.41, 5.74) is 1.36. The number of Topliss-reactive ketones (excluding diaryl/α,β-unsaturated/α-hetero) is 1. The van der Waals surface area contributed by atoms with Gasteiger partial charge in [0.05, 0.1) is 38.7 Å². The van der Waals surface area contributed by atoms with E-state index in [1.165, 1.54) is 12.1 Å². The zero-order valence-electron chi connectivity index (χ0n) is 22.1. The first kappa shape index (κ1) is 28.8. The fourth-order valence-corrected chi connectivity index (χ4v) is 3.27. The molecule has 2 amide bonds. The van der Waals surface area contributed by atoms with E-state index in [9.17, 15) is 14.4 Å². The number of hydrogen-bond donors (Lipinski definition) is 2. The highest BCUT2D eigenvalue weighted by molar-refractivity contribution is 6.04. The maximum absolute atomic E-state index is 12.7. The Bertz CT molecular complexity index is 1230. The molecular formula is C27H34N4O7. The normalized spacial score (nSPS) is 11.4. The van der Waals surface area contributed by atoms with E-state index < -0.39 is 11.5 Å². The first-order valence-electron chi connectivity index (χ1n) is 12.2. The third kappa shape index (κ3) is 8.65. The van der Waals surface area contributed by atoms with E-state index >= 15 is 0 Å². The predicted molar refractivity (Wildman–Crippen MR) is 141 cm³/mol. The van der Waals surface area contributed by atoms with Crippen LogP contribution in [0.15, 0.2) is 48.8 Å². The minimum Gasteiger partial charge on any atom is -0.410 e. The average Bonchev–Trinajstić information content (AvgIpc) is 3.30. The van der Waals surface area contributed by atoms with Crippen LogP contribution in [0.2, 0.25) is 0 Å². The molecule has 3 aromatic rings. The number of nitrogens with one attached hydrogen (secondary N) is 2. The third-order valence-corrected chi connectivity index (χ3v) is 5.27. The fraction of sp³-hybridized carbons (Fsp3) is 0.407. The Morgan fingerprint density at radius 3 is 2.26 bits per heavy atom. The molecule has 0 spiro atoms. The van der Waals surface area contributed by atoms with Crippen molar-refractivity contribution in [2.75, 3.05) is 52.0 Å². The van der Waals surface area contributed by atoms with E-state index in [0.717, 1.165) is 0 Å². The smallest absolute Gasteiger partial charge is 0.410 e. The van der Waals surface area contributed by atoms with Gasteiger partial charge < -0.3 is 34.0 Å². The van der Waals surface area contributed by atoms with E-state index in [1.807, 2.05) is 20.8 Å². The molecule has 2 N–H and O–H groups in total. The third-order valence-electron chi connectivity index (χ3n) is 5.27. The Balaban J connectivity index is 1.44. The van der Waals surface area contributed by atoms with Crippen molar-refractivity contribution in [1.82, 2.24) is 14.7 Å². The van der Waals surface area contributed by atoms with Gasteiger partial charge in [-0.3, -0.25) is 9.59 Å². The summed E-state index contributed by atoms with van der Waals surface area (Å²) in [6.45, 7) is 8.03. The number of methoxy groups -OCH3 is 1. The number of hydrogen-bond acceptors (Lipinski definition) is 8. The molecule has 2 aromatic heterocycles. The van der Waals surface area contributed by atoms with Gasteiger partial charge in [0.15, 0.2) is 5.78 Å². The minimum atomic E-state index is -0.625. The lowest BCUT2D eigenvalue weighted by Crippen LogP contribution is -2.30. The summed E-state index contributed by atoms with van der Waals surface area (Å²) < 4.78 is 22.4. The number of ketones is 1. The van der Waals surface area contributed by atoms with Crippen LogP contribution in [0.5, 0.6) is 5.75 Å². The standard InChI is InChI=1S/C27H34N4O7/c1-27(2,3)24(32)22-18-31-17-20(7-10-23(31)30-22)29-25(33)19-5-8-21(9-6-19)38-26(34)28-11-12-36-15-16-37-14-13-35-4/h5-10,17-18H,11-16H2,1-4H3,(H,28,34)(H,29,33). The van der Waals surface area contributed by atoms with Crippen molar-refractivity contribution in [3.8, 4) is 5.75 Å². The highest BCUT2D eigenvalue weighted by atomic mass is 16.6. The topological polar surface area (TPSA) is 129 Å². The van der Waals surface area contributed by atoms with E-state index in [2.05, 4.69) is 15.6 Å². The van der Waals surface area contributed by atoms with Crippen LogP contribution >= 0.6 is 0 Å². The van der Waals surface area contributed by atoms with E-state index in [-0.39, 0.29) is 18.2 Å². The maximum atomic E-state index is 12.7. The second-order valence-electron chi connectivity index (χ2n) is 9.40. The molecule has 1 aromatic carbocycles. The van der Waals surface area contributed by atoms with Crippen molar-refractivity contribution in [2.24, 2.45) is 5.41 Å². The first-order chi connectivity index (χ1) is 18.2. The number of anilines is 1. The van der Waals surface area contributed by atoms with Crippen LogP contribution in [0, 0.1) is 5.41 Å². The zero-order chi connectivity index (χ0) is 27.5. The number of aromatic nitrogens is 2. The molecule has 0 unspecified atom stereocenters. The summed E-state index contributed by atoms with van der Waals surface area (Å²) in [4.78, 5) is 41.5. The van der Waals surface area contributed by atoms with Crippen LogP contribution in [0.4, 0.5) is 10.5 Å². The van der Waals surface area contributed by atoms with Crippen LogP contribution in [0.3, 0.4) is 0 Å². The van der Waals surface area contributed by atoms with Crippen LogP contribution in [0.1, 0.15) is 41.6 Å². The Kier molecular flexibility index (Phi) is 10.3. The van der Waals surface area contributed by atoms with Gasteiger partial charge in [0.2, 0.25) is 0 Å². The molecule has 0 atom stereocenters. The number of ether oxygens (including phenoxy) is 4. The van der Waals surface area contributed by atoms with Crippen molar-refractivity contribution in [2.45, 2.75) is 20.8 Å². The molecule has 0 radical (unpaired) electrons. The summed E-state index contributed by atoms with van der Waals surface area (Å²) >= 11 is 0. The summed E-state index contributed by atoms with van der Waals surface area (Å²) in [7, 11) is 1.61. The molecule has 0 saturated heterocycles. The Labute approximate surface area is 221 Å². The molecule has 11 nitrogen and oxygen atoms in total. The van der Waals surface area contributed by atoms with Gasteiger partial charge in [-0.25, -0.2) is 9.78 Å². The molecule has 0 aliphatic carbocycles. The van der Waals surface area contributed by atoms with Crippen molar-refractivity contribution < 1.29 is 33.3 Å². The second-order valence-corrected chi connectivity index (χ2v) is 9.40. The molecule has 0 bridgehead atoms. The predicted octanol–water partition coefficient (Wildman–Crippen LogP) is 3.58. The molecule has 11 heteroatoms. The van der Waals surface area contributed by atoms with Gasteiger partial charge in [-0.15, -0.1) is 0 Å². The van der Waals surface area contributed by atoms with Gasteiger partial charge in [0, 0.05) is 37.0 Å². The number of imidazole rings is 1. The molecular weight excluding hydrogens is 492 g/mol. The molecule has 0 saturated carbocycles. The lowest BCUT2D eigenvalue weighted by Gasteiger charge is -2.13. The van der Waals surface area contributed by atoms with Gasteiger partial charge >= 0.3 is 6.09 Å². The SMILES string of the molecule is COCCOCCOCCNC(=O)Oc1ccc(C(=O)Nc2ccc3nc(C(=O)C(C)(C)C)cn3c2)cc1. The number of rotatable bonds is 13. The number of benzene rings is 1. The minimum absolute atomic E-state index is 0.0596. The molecule has 38 heavy (non-hydrogen) atoms. The van der Waals surface area contributed by atoms with E-state index in [1.54, 1.807) is 48.2 Å². The van der Waals surface area contributed by atoms with Crippen LogP contribution < -0.4 is 15.4 Å². The van der Waals surface area contributed by atoms with Crippen LogP contribution in [0.25, 0.3) is 5.65 Å². The Hall–Kier alpha value is -3.80. The quantitative estimate of drug-likeness (QED) is 0.255. The molecule has 0 aliphatic rings. The van der Waals surface area contributed by atoms with Crippen LogP contribution in [-0.4, -0.2) is 73.9 Å². The summed E-state index contributed by atoms with van der Waals surface area (Å²) in [5, 5.41) is 5.41. The zero-order valence-corrected chi connectivity index (χ0v) is 22.1. The maximum Gasteiger partial charge on any atom is 0.412 e. The van der Waals surface area contributed by atoms with Gasteiger partial charge in [-0.2, -0.15) is 0 Å². The van der Waals surface area contributed by atoms with Gasteiger partial charge in [-0.05, 0) is 36.4 Å². The fourth-order valence-electron chi connectivity index (χ4n) is 3.27. The number of carbonyl (C=O) groups excluding carboxylic acids is 3. The van der Waals surface area contributed by atoms with Gasteiger partial charge in [0.1, 0.15) is 17.1 Å². The van der Waals surface area contributed by atoms with E-state index in [0.29, 0.717) is 61.4 Å². The lowest BCUT2D eigenvalue weighted by molar-refractivity contribution is 0.0257. The molecule has 0 fully saturated rings. The summed E-state index contributed by atoms with van der Waals surface area (Å²) in [5.74, 6) is -0.104. The Morgan fingerprint density at radius 2 is 1.58 bits per heavy atom. The van der Waals surface area contributed by atoms with E-state index in [4.69, 9.17) is 18.9 Å². The second kappa shape index (κ2) is 13.7. The number of fused-ring (bicyclic) bond motifs is 1. The molecule has 2 heterocycles. The number of nitrogens with zero attached hydrogens (tertiary/aromatic N) is 2. The first-order valence-corrected chi connectivity index (χ1v) is 12.2. The Morgan fingerprint density at radius 1 is 0.895 bits per heavy atom. The van der Waals surface area contributed by atoms with Crippen molar-refractivity contribution in [1.29, 1.82) is 0 Å². The van der Waals surface area contributed by atoms with Crippen molar-refractivity contribution in [3.63, 3.8) is 0 Å². The van der Waals surface area contributed by atoms with Crippen LogP contribution in [-0.2, 0) is 14.2 Å². The monoisotopic (exact) mass is 526 g/mol. The largest absolute Gasteiger partial charge is 0.412 e. The number of amides is 2.